The maximum atomic E-state index is 13.0. The predicted octanol–water partition coefficient (Wildman–Crippen LogP) is 1.26. The minimum atomic E-state index is -0.699. The highest BCUT2D eigenvalue weighted by atomic mass is 19.1. The Morgan fingerprint density at radius 3 is 2.58 bits per heavy atom. The molecule has 1 atom stereocenters. The molecule has 1 fully saturated rings. The molecule has 1 aliphatic rings. The summed E-state index contributed by atoms with van der Waals surface area (Å²) in [5.74, 6) is -0.646. The average Bonchev–Trinajstić information content (AvgIpc) is 3.41. The van der Waals surface area contributed by atoms with E-state index in [4.69, 9.17) is 0 Å². The summed E-state index contributed by atoms with van der Waals surface area (Å²) in [5, 5.41) is 16.4. The molecule has 1 amide bonds. The van der Waals surface area contributed by atoms with Crippen LogP contribution in [-0.4, -0.2) is 32.9 Å². The second-order valence-corrected chi connectivity index (χ2v) is 6.25. The number of halogens is 1. The van der Waals surface area contributed by atoms with E-state index in [0.29, 0.717) is 5.69 Å². The van der Waals surface area contributed by atoms with E-state index in [2.05, 4.69) is 10.4 Å². The molecule has 0 saturated heterocycles. The molecule has 0 aliphatic heterocycles. The Morgan fingerprint density at radius 1 is 1.33 bits per heavy atom. The SMILES string of the molecule is CC(CO)(NC(=O)c1ccc(=O)n(-c2ccc(F)cc2)n1)C1CC1. The highest BCUT2D eigenvalue weighted by molar-refractivity contribution is 5.92. The van der Waals surface area contributed by atoms with Gasteiger partial charge in [-0.2, -0.15) is 9.78 Å². The van der Waals surface area contributed by atoms with E-state index < -0.39 is 22.8 Å². The molecule has 2 N–H and O–H groups in total. The van der Waals surface area contributed by atoms with Crippen LogP contribution < -0.4 is 10.9 Å². The Balaban J connectivity index is 1.89. The summed E-state index contributed by atoms with van der Waals surface area (Å²) in [5.41, 5.74) is -0.706. The van der Waals surface area contributed by atoms with E-state index in [1.165, 1.54) is 36.4 Å². The molecule has 7 heteroatoms. The van der Waals surface area contributed by atoms with Crippen molar-refractivity contribution in [1.29, 1.82) is 0 Å². The molecule has 1 unspecified atom stereocenters. The van der Waals surface area contributed by atoms with Crippen LogP contribution in [0.4, 0.5) is 4.39 Å². The summed E-state index contributed by atoms with van der Waals surface area (Å²) in [6.45, 7) is 1.62. The van der Waals surface area contributed by atoms with Crippen LogP contribution in [0.25, 0.3) is 5.69 Å². The lowest BCUT2D eigenvalue weighted by atomic mass is 9.97. The molecule has 24 heavy (non-hydrogen) atoms. The summed E-state index contributed by atoms with van der Waals surface area (Å²) < 4.78 is 14.1. The van der Waals surface area contributed by atoms with Crippen LogP contribution in [0.15, 0.2) is 41.2 Å². The molecule has 3 rings (SSSR count). The minimum Gasteiger partial charge on any atom is -0.394 e. The molecule has 1 aliphatic carbocycles. The van der Waals surface area contributed by atoms with Gasteiger partial charge in [0.15, 0.2) is 0 Å². The van der Waals surface area contributed by atoms with E-state index in [0.717, 1.165) is 17.5 Å². The fourth-order valence-electron chi connectivity index (χ4n) is 2.61. The number of nitrogens with one attached hydrogen (secondary N) is 1. The molecule has 0 bridgehead atoms. The van der Waals surface area contributed by atoms with Gasteiger partial charge >= 0.3 is 0 Å². The Morgan fingerprint density at radius 2 is 2.00 bits per heavy atom. The monoisotopic (exact) mass is 331 g/mol. The van der Waals surface area contributed by atoms with Crippen LogP contribution in [0.1, 0.15) is 30.3 Å². The van der Waals surface area contributed by atoms with Gasteiger partial charge in [-0.1, -0.05) is 0 Å². The minimum absolute atomic E-state index is 0.0549. The average molecular weight is 331 g/mol. The fraction of sp³-hybridized carbons (Fsp3) is 0.353. The van der Waals surface area contributed by atoms with E-state index in [1.807, 2.05) is 0 Å². The Kier molecular flexibility index (Phi) is 4.19. The van der Waals surface area contributed by atoms with Crippen molar-refractivity contribution in [2.24, 2.45) is 5.92 Å². The number of carbonyl (C=O) groups is 1. The molecule has 1 aromatic heterocycles. The molecule has 6 nitrogen and oxygen atoms in total. The fourth-order valence-corrected chi connectivity index (χ4v) is 2.61. The molecular formula is C17H18FN3O3. The largest absolute Gasteiger partial charge is 0.394 e. The first-order chi connectivity index (χ1) is 11.4. The Labute approximate surface area is 137 Å². The number of benzene rings is 1. The maximum absolute atomic E-state index is 13.0. The van der Waals surface area contributed by atoms with Crippen LogP contribution in [0.3, 0.4) is 0 Å². The molecule has 0 radical (unpaired) electrons. The molecule has 1 saturated carbocycles. The first kappa shape index (κ1) is 16.3. The van der Waals surface area contributed by atoms with Gasteiger partial charge < -0.3 is 10.4 Å². The van der Waals surface area contributed by atoms with E-state index in [9.17, 15) is 19.1 Å². The normalized spacial score (nSPS) is 16.5. The molecular weight excluding hydrogens is 313 g/mol. The van der Waals surface area contributed by atoms with Crippen LogP contribution >= 0.6 is 0 Å². The van der Waals surface area contributed by atoms with E-state index >= 15 is 0 Å². The van der Waals surface area contributed by atoms with E-state index in [1.54, 1.807) is 6.92 Å². The number of aliphatic hydroxyl groups excluding tert-OH is 1. The van der Waals surface area contributed by atoms with Gasteiger partial charge in [0.25, 0.3) is 11.5 Å². The molecule has 1 heterocycles. The Bertz CT molecular complexity index is 815. The van der Waals surface area contributed by atoms with Crippen molar-refractivity contribution in [2.45, 2.75) is 25.3 Å². The highest BCUT2D eigenvalue weighted by Gasteiger charge is 2.42. The zero-order chi connectivity index (χ0) is 17.3. The highest BCUT2D eigenvalue weighted by Crippen LogP contribution is 2.39. The number of hydrogen-bond donors (Lipinski definition) is 2. The van der Waals surface area contributed by atoms with Gasteiger partial charge in [0, 0.05) is 6.07 Å². The summed E-state index contributed by atoms with van der Waals surface area (Å²) in [7, 11) is 0. The van der Waals surface area contributed by atoms with Crippen molar-refractivity contribution in [3.8, 4) is 5.69 Å². The van der Waals surface area contributed by atoms with Gasteiger partial charge in [-0.3, -0.25) is 9.59 Å². The van der Waals surface area contributed by atoms with Gasteiger partial charge in [0.1, 0.15) is 11.5 Å². The van der Waals surface area contributed by atoms with Crippen molar-refractivity contribution in [1.82, 2.24) is 15.1 Å². The number of hydrogen-bond acceptors (Lipinski definition) is 4. The predicted molar refractivity (Wildman–Crippen MR) is 85.5 cm³/mol. The quantitative estimate of drug-likeness (QED) is 0.864. The second-order valence-electron chi connectivity index (χ2n) is 6.25. The number of nitrogens with zero attached hydrogens (tertiary/aromatic N) is 2. The number of amides is 1. The van der Waals surface area contributed by atoms with Crippen molar-refractivity contribution in [3.05, 3.63) is 58.3 Å². The topological polar surface area (TPSA) is 84.2 Å². The smallest absolute Gasteiger partial charge is 0.272 e. The Hall–Kier alpha value is -2.54. The summed E-state index contributed by atoms with van der Waals surface area (Å²) in [4.78, 5) is 24.4. The zero-order valence-electron chi connectivity index (χ0n) is 13.2. The van der Waals surface area contributed by atoms with E-state index in [-0.39, 0.29) is 18.2 Å². The zero-order valence-corrected chi connectivity index (χ0v) is 13.2. The third-order valence-corrected chi connectivity index (χ3v) is 4.31. The summed E-state index contributed by atoms with van der Waals surface area (Å²) >= 11 is 0. The van der Waals surface area contributed by atoms with Crippen LogP contribution in [0.5, 0.6) is 0 Å². The van der Waals surface area contributed by atoms with Crippen molar-refractivity contribution in [2.75, 3.05) is 6.61 Å². The van der Waals surface area contributed by atoms with Gasteiger partial charge in [-0.15, -0.1) is 0 Å². The van der Waals surface area contributed by atoms with Gasteiger partial charge in [0.2, 0.25) is 0 Å². The number of carbonyl (C=O) groups excluding carboxylic acids is 1. The lowest BCUT2D eigenvalue weighted by Crippen LogP contribution is -2.51. The maximum Gasteiger partial charge on any atom is 0.272 e. The van der Waals surface area contributed by atoms with Crippen molar-refractivity contribution >= 4 is 5.91 Å². The standard InChI is InChI=1S/C17H18FN3O3/c1-17(10-22,11-2-3-11)19-16(24)14-8-9-15(23)21(20-14)13-6-4-12(18)5-7-13/h4-9,11,22H,2-3,10H2,1H3,(H,19,24). The lowest BCUT2D eigenvalue weighted by molar-refractivity contribution is 0.0817. The molecule has 126 valence electrons. The van der Waals surface area contributed by atoms with Crippen LogP contribution in [0.2, 0.25) is 0 Å². The first-order valence-electron chi connectivity index (χ1n) is 7.73. The lowest BCUT2D eigenvalue weighted by Gasteiger charge is -2.28. The first-order valence-corrected chi connectivity index (χ1v) is 7.73. The molecule has 1 aromatic carbocycles. The molecule has 0 spiro atoms. The third-order valence-electron chi connectivity index (χ3n) is 4.31. The number of aromatic nitrogens is 2. The number of rotatable bonds is 5. The third kappa shape index (κ3) is 3.21. The van der Waals surface area contributed by atoms with Crippen molar-refractivity contribution in [3.63, 3.8) is 0 Å². The van der Waals surface area contributed by atoms with Gasteiger partial charge in [-0.05, 0) is 56.0 Å². The van der Waals surface area contributed by atoms with Gasteiger partial charge in [0.05, 0.1) is 17.8 Å². The van der Waals surface area contributed by atoms with Crippen molar-refractivity contribution < 1.29 is 14.3 Å². The van der Waals surface area contributed by atoms with Crippen LogP contribution in [-0.2, 0) is 0 Å². The second kappa shape index (κ2) is 6.16. The number of aliphatic hydroxyl groups is 1. The summed E-state index contributed by atoms with van der Waals surface area (Å²) in [6.07, 6.45) is 1.92. The van der Waals surface area contributed by atoms with Crippen LogP contribution in [0, 0.1) is 11.7 Å². The summed E-state index contributed by atoms with van der Waals surface area (Å²) in [6, 6.07) is 7.82. The van der Waals surface area contributed by atoms with Gasteiger partial charge in [-0.25, -0.2) is 4.39 Å². The molecule has 2 aromatic rings.